The van der Waals surface area contributed by atoms with Crippen molar-refractivity contribution in [2.75, 3.05) is 38.2 Å². The van der Waals surface area contributed by atoms with Crippen molar-refractivity contribution in [2.45, 2.75) is 57.5 Å². The van der Waals surface area contributed by atoms with Crippen LogP contribution in [-0.2, 0) is 4.79 Å². The molecule has 0 aromatic heterocycles. The van der Waals surface area contributed by atoms with Crippen LogP contribution in [0, 0.1) is 0 Å². The van der Waals surface area contributed by atoms with Crippen LogP contribution in [0.1, 0.15) is 45.4 Å². The Morgan fingerprint density at radius 3 is 2.67 bits per heavy atom. The van der Waals surface area contributed by atoms with Crippen molar-refractivity contribution in [1.29, 1.82) is 0 Å². The van der Waals surface area contributed by atoms with E-state index < -0.39 is 0 Å². The summed E-state index contributed by atoms with van der Waals surface area (Å²) in [4.78, 5) is 19.1. The monoisotopic (exact) mass is 529 g/mol. The Hall–Kier alpha value is -1.71. The molecule has 7 nitrogen and oxygen atoms in total. The molecule has 8 heteroatoms. The van der Waals surface area contributed by atoms with Crippen molar-refractivity contribution in [1.82, 2.24) is 16.0 Å². The van der Waals surface area contributed by atoms with E-state index in [0.717, 1.165) is 56.3 Å². The van der Waals surface area contributed by atoms with Crippen LogP contribution in [0.4, 0.5) is 5.69 Å². The Kier molecular flexibility index (Phi) is 10.5. The van der Waals surface area contributed by atoms with Gasteiger partial charge in [-0.05, 0) is 38.3 Å². The second-order valence-electron chi connectivity index (χ2n) is 7.81. The van der Waals surface area contributed by atoms with Crippen molar-refractivity contribution >= 4 is 41.5 Å². The lowest BCUT2D eigenvalue weighted by molar-refractivity contribution is -0.121. The predicted octanol–water partition coefficient (Wildman–Crippen LogP) is 2.90. The Labute approximate surface area is 197 Å². The number of hydrogen-bond acceptors (Lipinski definition) is 4. The molecule has 0 radical (unpaired) electrons. The van der Waals surface area contributed by atoms with Crippen LogP contribution < -0.4 is 25.6 Å². The first-order valence-corrected chi connectivity index (χ1v) is 10.9. The summed E-state index contributed by atoms with van der Waals surface area (Å²) >= 11 is 0. The van der Waals surface area contributed by atoms with Crippen molar-refractivity contribution in [3.8, 4) is 5.75 Å². The van der Waals surface area contributed by atoms with E-state index in [1.165, 1.54) is 12.8 Å². The third kappa shape index (κ3) is 7.21. The van der Waals surface area contributed by atoms with Crippen LogP contribution in [0.2, 0.25) is 0 Å². The lowest BCUT2D eigenvalue weighted by Gasteiger charge is -2.22. The van der Waals surface area contributed by atoms with Gasteiger partial charge < -0.3 is 25.6 Å². The number of hydrogen-bond donors (Lipinski definition) is 3. The topological polar surface area (TPSA) is 78.0 Å². The first-order valence-electron chi connectivity index (χ1n) is 10.9. The normalized spacial score (nSPS) is 19.3. The number of halogens is 1. The fourth-order valence-electron chi connectivity index (χ4n) is 4.14. The van der Waals surface area contributed by atoms with E-state index in [-0.39, 0.29) is 29.9 Å². The standard InChI is InChI=1S/C22H35N5O2.HI/c1-3-23-22(24-14-12-21(28)25-17-8-4-5-9-17)26-18-13-15-27(16-18)19-10-6-7-11-20(19)29-2;/h6-7,10-11,17-18H,3-5,8-9,12-16H2,1-2H3,(H,25,28)(H2,23,24,26);1H. The van der Waals surface area contributed by atoms with Gasteiger partial charge in [0.05, 0.1) is 19.3 Å². The highest BCUT2D eigenvalue weighted by molar-refractivity contribution is 14.0. The maximum Gasteiger partial charge on any atom is 0.222 e. The van der Waals surface area contributed by atoms with Crippen LogP contribution in [-0.4, -0.2) is 57.2 Å². The van der Waals surface area contributed by atoms with Gasteiger partial charge in [0.15, 0.2) is 5.96 Å². The summed E-state index contributed by atoms with van der Waals surface area (Å²) in [5, 5.41) is 9.95. The molecule has 1 aliphatic heterocycles. The fraction of sp³-hybridized carbons (Fsp3) is 0.636. The summed E-state index contributed by atoms with van der Waals surface area (Å²) in [7, 11) is 1.71. The van der Waals surface area contributed by atoms with Gasteiger partial charge >= 0.3 is 0 Å². The zero-order chi connectivity index (χ0) is 20.5. The van der Waals surface area contributed by atoms with Gasteiger partial charge in [0.25, 0.3) is 0 Å². The van der Waals surface area contributed by atoms with E-state index in [9.17, 15) is 4.79 Å². The van der Waals surface area contributed by atoms with E-state index in [1.54, 1.807) is 7.11 Å². The summed E-state index contributed by atoms with van der Waals surface area (Å²) in [6.45, 7) is 5.22. The van der Waals surface area contributed by atoms with E-state index in [4.69, 9.17) is 4.74 Å². The van der Waals surface area contributed by atoms with E-state index in [1.807, 2.05) is 18.2 Å². The highest BCUT2D eigenvalue weighted by atomic mass is 127. The van der Waals surface area contributed by atoms with Crippen LogP contribution in [0.5, 0.6) is 5.75 Å². The predicted molar refractivity (Wildman–Crippen MR) is 133 cm³/mol. The van der Waals surface area contributed by atoms with E-state index >= 15 is 0 Å². The van der Waals surface area contributed by atoms with Crippen molar-refractivity contribution in [3.63, 3.8) is 0 Å². The third-order valence-corrected chi connectivity index (χ3v) is 5.63. The molecule has 1 aliphatic carbocycles. The number of nitrogens with zero attached hydrogens (tertiary/aromatic N) is 2. The molecule has 2 fully saturated rings. The smallest absolute Gasteiger partial charge is 0.222 e. The minimum atomic E-state index is 0. The molecule has 1 amide bonds. The molecule has 0 spiro atoms. The highest BCUT2D eigenvalue weighted by Gasteiger charge is 2.25. The Morgan fingerprint density at radius 2 is 1.93 bits per heavy atom. The summed E-state index contributed by atoms with van der Waals surface area (Å²) in [6, 6.07) is 8.82. The van der Waals surface area contributed by atoms with Gasteiger partial charge in [-0.2, -0.15) is 0 Å². The van der Waals surface area contributed by atoms with Crippen molar-refractivity contribution in [2.24, 2.45) is 4.99 Å². The maximum atomic E-state index is 12.1. The third-order valence-electron chi connectivity index (χ3n) is 5.63. The number of aliphatic imine (C=N–C) groups is 1. The highest BCUT2D eigenvalue weighted by Crippen LogP contribution is 2.30. The Bertz CT molecular complexity index is 694. The number of carbonyl (C=O) groups excluding carboxylic acids is 1. The number of methoxy groups -OCH3 is 1. The van der Waals surface area contributed by atoms with E-state index in [2.05, 4.69) is 38.8 Å². The molecule has 1 saturated carbocycles. The molecule has 1 unspecified atom stereocenters. The van der Waals surface area contributed by atoms with Crippen LogP contribution in [0.25, 0.3) is 0 Å². The summed E-state index contributed by atoms with van der Waals surface area (Å²) in [5.41, 5.74) is 1.13. The molecule has 3 rings (SSSR count). The first-order chi connectivity index (χ1) is 14.2. The number of anilines is 1. The lowest BCUT2D eigenvalue weighted by Crippen LogP contribution is -2.44. The SMILES string of the molecule is CCNC(=NCCC(=O)NC1CCCC1)NC1CCN(c2ccccc2OC)C1.I. The quantitative estimate of drug-likeness (QED) is 0.274. The number of ether oxygens (including phenoxy) is 1. The Morgan fingerprint density at radius 1 is 1.17 bits per heavy atom. The zero-order valence-corrected chi connectivity index (χ0v) is 20.5. The largest absolute Gasteiger partial charge is 0.495 e. The summed E-state index contributed by atoms with van der Waals surface area (Å²) in [6.07, 6.45) is 6.15. The van der Waals surface area contributed by atoms with E-state index in [0.29, 0.717) is 25.0 Å². The number of rotatable bonds is 8. The number of nitrogens with one attached hydrogen (secondary N) is 3. The molecule has 1 aromatic rings. The molecule has 2 aliphatic rings. The molecule has 1 heterocycles. The van der Waals surface area contributed by atoms with Gasteiger partial charge in [-0.25, -0.2) is 0 Å². The van der Waals surface area contributed by atoms with Gasteiger partial charge in [-0.3, -0.25) is 9.79 Å². The number of amides is 1. The molecule has 1 atom stereocenters. The van der Waals surface area contributed by atoms with Crippen LogP contribution >= 0.6 is 24.0 Å². The second-order valence-corrected chi connectivity index (χ2v) is 7.81. The van der Waals surface area contributed by atoms with Gasteiger partial charge in [0.1, 0.15) is 5.75 Å². The molecule has 1 saturated heterocycles. The van der Waals surface area contributed by atoms with Gasteiger partial charge in [0.2, 0.25) is 5.91 Å². The Balaban J connectivity index is 0.00000320. The second kappa shape index (κ2) is 12.9. The molecule has 168 valence electrons. The molecule has 3 N–H and O–H groups in total. The molecular formula is C22H36IN5O2. The number of benzene rings is 1. The fourth-order valence-corrected chi connectivity index (χ4v) is 4.14. The van der Waals surface area contributed by atoms with Crippen LogP contribution in [0.15, 0.2) is 29.3 Å². The lowest BCUT2D eigenvalue weighted by atomic mass is 10.2. The minimum absolute atomic E-state index is 0. The minimum Gasteiger partial charge on any atom is -0.495 e. The van der Waals surface area contributed by atoms with Gasteiger partial charge in [-0.1, -0.05) is 25.0 Å². The van der Waals surface area contributed by atoms with Crippen molar-refractivity contribution in [3.05, 3.63) is 24.3 Å². The summed E-state index contributed by atoms with van der Waals surface area (Å²) < 4.78 is 5.50. The van der Waals surface area contributed by atoms with Gasteiger partial charge in [-0.15, -0.1) is 24.0 Å². The average Bonchev–Trinajstić information content (AvgIpc) is 3.40. The maximum absolute atomic E-state index is 12.1. The number of guanidine groups is 1. The van der Waals surface area contributed by atoms with Gasteiger partial charge in [0, 0.05) is 38.1 Å². The van der Waals surface area contributed by atoms with Crippen molar-refractivity contribution < 1.29 is 9.53 Å². The first kappa shape index (κ1) is 24.6. The molecule has 0 bridgehead atoms. The average molecular weight is 529 g/mol. The molecule has 30 heavy (non-hydrogen) atoms. The number of carbonyl (C=O) groups is 1. The molecular weight excluding hydrogens is 493 g/mol. The molecule has 1 aromatic carbocycles. The zero-order valence-electron chi connectivity index (χ0n) is 18.2. The summed E-state index contributed by atoms with van der Waals surface area (Å²) in [5.74, 6) is 1.80. The number of para-hydroxylation sites is 2. The van der Waals surface area contributed by atoms with Crippen LogP contribution in [0.3, 0.4) is 0 Å².